The molecule has 0 amide bonds. The minimum Gasteiger partial charge on any atom is -0.264 e. The van der Waals surface area contributed by atoms with Gasteiger partial charge in [0.25, 0.3) is 0 Å². The smallest absolute Gasteiger partial charge is 0.222 e. The Morgan fingerprint density at radius 1 is 1.36 bits per heavy atom. The first-order valence-electron chi connectivity index (χ1n) is 4.04. The van der Waals surface area contributed by atoms with Crippen LogP contribution in [0.5, 0.6) is 0 Å². The highest BCUT2D eigenvalue weighted by Crippen LogP contribution is 1.98. The first-order valence-corrected chi connectivity index (χ1v) is 4.04. The number of allylic oxidation sites excluding steroid dienone is 1. The molecule has 0 fully saturated rings. The fourth-order valence-electron chi connectivity index (χ4n) is 0.791. The van der Waals surface area contributed by atoms with Gasteiger partial charge in [0.15, 0.2) is 0 Å². The maximum atomic E-state index is 9.84. The number of nitro groups is 1. The topological polar surface area (TPSA) is 43.1 Å². The van der Waals surface area contributed by atoms with Crippen molar-refractivity contribution in [2.75, 3.05) is 6.54 Å². The quantitative estimate of drug-likeness (QED) is 0.257. The maximum Gasteiger partial charge on any atom is 0.222 e. The van der Waals surface area contributed by atoms with E-state index in [4.69, 9.17) is 0 Å². The minimum absolute atomic E-state index is 0.0356. The largest absolute Gasteiger partial charge is 0.264 e. The van der Waals surface area contributed by atoms with Gasteiger partial charge in [-0.2, -0.15) is 0 Å². The van der Waals surface area contributed by atoms with Crippen molar-refractivity contribution in [1.29, 1.82) is 0 Å². The highest BCUT2D eigenvalue weighted by molar-refractivity contribution is 4.80. The molecule has 0 aliphatic rings. The highest BCUT2D eigenvalue weighted by Gasteiger charge is 1.87. The summed E-state index contributed by atoms with van der Waals surface area (Å²) >= 11 is 0. The van der Waals surface area contributed by atoms with Crippen molar-refractivity contribution in [2.24, 2.45) is 0 Å². The van der Waals surface area contributed by atoms with E-state index in [2.05, 4.69) is 6.92 Å². The third kappa shape index (κ3) is 9.14. The van der Waals surface area contributed by atoms with E-state index in [9.17, 15) is 10.1 Å². The van der Waals surface area contributed by atoms with Crippen LogP contribution < -0.4 is 0 Å². The predicted molar refractivity (Wildman–Crippen MR) is 45.1 cm³/mol. The molecule has 0 aliphatic carbocycles. The molecule has 0 spiro atoms. The Balaban J connectivity index is 3.10. The van der Waals surface area contributed by atoms with Crippen molar-refractivity contribution in [1.82, 2.24) is 0 Å². The van der Waals surface area contributed by atoms with E-state index in [0.29, 0.717) is 0 Å². The van der Waals surface area contributed by atoms with Crippen LogP contribution in [-0.4, -0.2) is 11.5 Å². The van der Waals surface area contributed by atoms with Gasteiger partial charge in [0.2, 0.25) is 6.54 Å². The van der Waals surface area contributed by atoms with Gasteiger partial charge in [-0.05, 0) is 18.9 Å². The number of unbranched alkanes of at least 4 members (excludes halogenated alkanes) is 3. The molecule has 0 saturated heterocycles. The molecular weight excluding hydrogens is 142 g/mol. The van der Waals surface area contributed by atoms with Crippen LogP contribution in [0.25, 0.3) is 0 Å². The van der Waals surface area contributed by atoms with Crippen molar-refractivity contribution in [3.05, 3.63) is 22.3 Å². The highest BCUT2D eigenvalue weighted by atomic mass is 16.6. The summed E-state index contributed by atoms with van der Waals surface area (Å²) in [5.74, 6) is 0. The molecule has 0 radical (unpaired) electrons. The van der Waals surface area contributed by atoms with Gasteiger partial charge in [-0.15, -0.1) is 0 Å². The van der Waals surface area contributed by atoms with Crippen molar-refractivity contribution < 1.29 is 4.92 Å². The molecule has 11 heavy (non-hydrogen) atoms. The molecule has 0 atom stereocenters. The van der Waals surface area contributed by atoms with Gasteiger partial charge in [-0.1, -0.05) is 25.8 Å². The minimum atomic E-state index is -0.323. The molecule has 0 aliphatic heterocycles. The molecule has 0 saturated carbocycles. The Morgan fingerprint density at radius 3 is 2.64 bits per heavy atom. The van der Waals surface area contributed by atoms with Gasteiger partial charge < -0.3 is 0 Å². The molecule has 64 valence electrons. The first-order chi connectivity index (χ1) is 5.27. The Hall–Kier alpha value is -0.860. The Kier molecular flexibility index (Phi) is 6.68. The van der Waals surface area contributed by atoms with Crippen molar-refractivity contribution in [3.8, 4) is 0 Å². The molecule has 3 heteroatoms. The van der Waals surface area contributed by atoms with E-state index in [1.165, 1.54) is 12.8 Å². The molecule has 0 N–H and O–H groups in total. The summed E-state index contributed by atoms with van der Waals surface area (Å²) in [6.45, 7) is 2.10. The third-order valence-corrected chi connectivity index (χ3v) is 1.40. The number of rotatable bonds is 6. The average molecular weight is 157 g/mol. The molecular formula is C8H15NO2. The van der Waals surface area contributed by atoms with Gasteiger partial charge in [0.1, 0.15) is 0 Å². The molecule has 0 aromatic heterocycles. The lowest BCUT2D eigenvalue weighted by Gasteiger charge is -1.90. The van der Waals surface area contributed by atoms with Crippen LogP contribution in [0.15, 0.2) is 12.2 Å². The molecule has 0 aromatic carbocycles. The van der Waals surface area contributed by atoms with Gasteiger partial charge in [0.05, 0.1) is 0 Å². The van der Waals surface area contributed by atoms with E-state index in [0.717, 1.165) is 12.8 Å². The van der Waals surface area contributed by atoms with Crippen LogP contribution in [-0.2, 0) is 0 Å². The van der Waals surface area contributed by atoms with Gasteiger partial charge in [0, 0.05) is 4.92 Å². The SMILES string of the molecule is CCCCC/C=C/C[N+](=O)[O-]. The zero-order valence-electron chi connectivity index (χ0n) is 6.95. The molecule has 3 nitrogen and oxygen atoms in total. The van der Waals surface area contributed by atoms with E-state index >= 15 is 0 Å². The predicted octanol–water partition coefficient (Wildman–Crippen LogP) is 2.40. The van der Waals surface area contributed by atoms with Crippen LogP contribution in [0.1, 0.15) is 32.6 Å². The molecule has 0 unspecified atom stereocenters. The first kappa shape index (κ1) is 10.1. The van der Waals surface area contributed by atoms with Crippen molar-refractivity contribution in [2.45, 2.75) is 32.6 Å². The van der Waals surface area contributed by atoms with E-state index in [1.807, 2.05) is 6.08 Å². The summed E-state index contributed by atoms with van der Waals surface area (Å²) in [5.41, 5.74) is 0. The van der Waals surface area contributed by atoms with Crippen LogP contribution in [0, 0.1) is 10.1 Å². The fraction of sp³-hybridized carbons (Fsp3) is 0.750. The average Bonchev–Trinajstić information content (AvgIpc) is 1.96. The van der Waals surface area contributed by atoms with Crippen LogP contribution in [0.3, 0.4) is 0 Å². The van der Waals surface area contributed by atoms with Crippen LogP contribution in [0.2, 0.25) is 0 Å². The Morgan fingerprint density at radius 2 is 2.09 bits per heavy atom. The van der Waals surface area contributed by atoms with Crippen molar-refractivity contribution in [3.63, 3.8) is 0 Å². The summed E-state index contributed by atoms with van der Waals surface area (Å²) < 4.78 is 0. The van der Waals surface area contributed by atoms with Gasteiger partial charge in [-0.25, -0.2) is 0 Å². The number of hydrogen-bond acceptors (Lipinski definition) is 2. The maximum absolute atomic E-state index is 9.84. The lowest BCUT2D eigenvalue weighted by Crippen LogP contribution is -1.95. The van der Waals surface area contributed by atoms with Crippen LogP contribution >= 0.6 is 0 Å². The summed E-state index contributed by atoms with van der Waals surface area (Å²) in [4.78, 5) is 9.52. The van der Waals surface area contributed by atoms with E-state index < -0.39 is 0 Å². The molecule has 0 rings (SSSR count). The zero-order chi connectivity index (χ0) is 8.53. The van der Waals surface area contributed by atoms with Gasteiger partial charge in [-0.3, -0.25) is 10.1 Å². The monoisotopic (exact) mass is 157 g/mol. The Labute approximate surface area is 67.3 Å². The number of nitrogens with zero attached hydrogens (tertiary/aromatic N) is 1. The second-order valence-electron chi connectivity index (χ2n) is 2.48. The summed E-state index contributed by atoms with van der Waals surface area (Å²) in [6.07, 6.45) is 8.03. The standard InChI is InChI=1S/C8H15NO2/c1-2-3-4-5-6-7-8-9(10)11/h6-7H,2-5,8H2,1H3/b7-6+. The molecule has 0 aromatic rings. The lowest BCUT2D eigenvalue weighted by molar-refractivity contribution is -0.468. The molecule has 0 heterocycles. The summed E-state index contributed by atoms with van der Waals surface area (Å²) in [6, 6.07) is 0. The zero-order valence-corrected chi connectivity index (χ0v) is 6.95. The summed E-state index contributed by atoms with van der Waals surface area (Å²) in [7, 11) is 0. The fourth-order valence-corrected chi connectivity index (χ4v) is 0.791. The normalized spacial score (nSPS) is 10.6. The lowest BCUT2D eigenvalue weighted by atomic mass is 10.2. The molecule has 0 bridgehead atoms. The van der Waals surface area contributed by atoms with Crippen molar-refractivity contribution >= 4 is 0 Å². The third-order valence-electron chi connectivity index (χ3n) is 1.40. The summed E-state index contributed by atoms with van der Waals surface area (Å²) in [5, 5.41) is 9.84. The van der Waals surface area contributed by atoms with Gasteiger partial charge >= 0.3 is 0 Å². The number of hydrogen-bond donors (Lipinski definition) is 0. The Bertz CT molecular complexity index is 132. The van der Waals surface area contributed by atoms with Crippen LogP contribution in [0.4, 0.5) is 0 Å². The second-order valence-corrected chi connectivity index (χ2v) is 2.48. The van der Waals surface area contributed by atoms with E-state index in [1.54, 1.807) is 6.08 Å². The van der Waals surface area contributed by atoms with E-state index in [-0.39, 0.29) is 11.5 Å². The second kappa shape index (κ2) is 7.25.